The molecule has 0 radical (unpaired) electrons. The van der Waals surface area contributed by atoms with Gasteiger partial charge in [0, 0.05) is 0 Å². The van der Waals surface area contributed by atoms with Gasteiger partial charge in [0.05, 0.1) is 12.6 Å². The van der Waals surface area contributed by atoms with Crippen LogP contribution in [0.3, 0.4) is 0 Å². The number of alkyl carbamates (subject to hydrolysis) is 1. The van der Waals surface area contributed by atoms with Crippen LogP contribution in [-0.2, 0) is 25.7 Å². The van der Waals surface area contributed by atoms with E-state index in [9.17, 15) is 14.4 Å². The standard InChI is InChI=1S/C21H23NO5/c1-3-26-20(24)18(15(2)23)19(17-12-8-5-9-13-17)22-21(25)27-14-16-10-6-4-7-11-16/h4-13,18-19H,3,14H2,1-2H3,(H,22,25). The van der Waals surface area contributed by atoms with Crippen LogP contribution in [0.2, 0.25) is 0 Å². The summed E-state index contributed by atoms with van der Waals surface area (Å²) in [5.74, 6) is -2.23. The molecule has 6 nitrogen and oxygen atoms in total. The highest BCUT2D eigenvalue weighted by molar-refractivity contribution is 5.99. The second-order valence-electron chi connectivity index (χ2n) is 5.93. The number of amides is 1. The Morgan fingerprint density at radius 3 is 2.07 bits per heavy atom. The first-order chi connectivity index (χ1) is 13.0. The molecule has 6 heteroatoms. The third-order valence-electron chi connectivity index (χ3n) is 3.96. The smallest absolute Gasteiger partial charge is 0.407 e. The molecule has 0 bridgehead atoms. The molecule has 2 rings (SSSR count). The Hall–Kier alpha value is -3.15. The summed E-state index contributed by atoms with van der Waals surface area (Å²) in [5.41, 5.74) is 1.44. The summed E-state index contributed by atoms with van der Waals surface area (Å²) in [7, 11) is 0. The Kier molecular flexibility index (Phi) is 7.55. The van der Waals surface area contributed by atoms with E-state index in [0.717, 1.165) is 5.56 Å². The second-order valence-corrected chi connectivity index (χ2v) is 5.93. The van der Waals surface area contributed by atoms with Gasteiger partial charge in [0.2, 0.25) is 0 Å². The number of esters is 1. The van der Waals surface area contributed by atoms with Gasteiger partial charge in [-0.15, -0.1) is 0 Å². The number of ether oxygens (including phenoxy) is 2. The van der Waals surface area contributed by atoms with E-state index in [1.165, 1.54) is 6.92 Å². The quantitative estimate of drug-likeness (QED) is 0.569. The van der Waals surface area contributed by atoms with Gasteiger partial charge >= 0.3 is 12.1 Å². The number of nitrogens with one attached hydrogen (secondary N) is 1. The van der Waals surface area contributed by atoms with Crippen molar-refractivity contribution in [1.29, 1.82) is 0 Å². The summed E-state index contributed by atoms with van der Waals surface area (Å²) >= 11 is 0. The first kappa shape index (κ1) is 20.2. The third kappa shape index (κ3) is 5.95. The maximum atomic E-state index is 12.3. The molecule has 2 unspecified atom stereocenters. The van der Waals surface area contributed by atoms with Crippen molar-refractivity contribution in [2.24, 2.45) is 5.92 Å². The van der Waals surface area contributed by atoms with Gasteiger partial charge in [-0.3, -0.25) is 9.59 Å². The molecule has 142 valence electrons. The zero-order valence-corrected chi connectivity index (χ0v) is 15.4. The van der Waals surface area contributed by atoms with Gasteiger partial charge in [0.25, 0.3) is 0 Å². The van der Waals surface area contributed by atoms with Gasteiger partial charge in [-0.25, -0.2) is 4.79 Å². The van der Waals surface area contributed by atoms with E-state index >= 15 is 0 Å². The number of benzene rings is 2. The van der Waals surface area contributed by atoms with E-state index in [1.54, 1.807) is 37.3 Å². The lowest BCUT2D eigenvalue weighted by Crippen LogP contribution is -2.41. The first-order valence-corrected chi connectivity index (χ1v) is 8.72. The molecule has 1 N–H and O–H groups in total. The molecular formula is C21H23NO5. The second kappa shape index (κ2) is 10.1. The van der Waals surface area contributed by atoms with Crippen LogP contribution in [-0.4, -0.2) is 24.5 Å². The van der Waals surface area contributed by atoms with Crippen molar-refractivity contribution in [1.82, 2.24) is 5.32 Å². The monoisotopic (exact) mass is 369 g/mol. The van der Waals surface area contributed by atoms with Crippen molar-refractivity contribution < 1.29 is 23.9 Å². The van der Waals surface area contributed by atoms with Gasteiger partial charge in [-0.2, -0.15) is 0 Å². The SMILES string of the molecule is CCOC(=O)C(C(C)=O)C(NC(=O)OCc1ccccc1)c1ccccc1. The molecule has 1 amide bonds. The zero-order valence-electron chi connectivity index (χ0n) is 15.4. The van der Waals surface area contributed by atoms with E-state index < -0.39 is 29.8 Å². The highest BCUT2D eigenvalue weighted by atomic mass is 16.5. The molecule has 2 aromatic carbocycles. The number of hydrogen-bond acceptors (Lipinski definition) is 5. The molecular weight excluding hydrogens is 346 g/mol. The lowest BCUT2D eigenvalue weighted by atomic mass is 9.90. The highest BCUT2D eigenvalue weighted by Gasteiger charge is 2.36. The van der Waals surface area contributed by atoms with Crippen molar-refractivity contribution in [3.63, 3.8) is 0 Å². The molecule has 0 saturated carbocycles. The Labute approximate surface area is 158 Å². The van der Waals surface area contributed by atoms with E-state index in [4.69, 9.17) is 9.47 Å². The molecule has 0 spiro atoms. The van der Waals surface area contributed by atoms with Gasteiger partial charge < -0.3 is 14.8 Å². The summed E-state index contributed by atoms with van der Waals surface area (Å²) in [5, 5.41) is 2.64. The van der Waals surface area contributed by atoms with Crippen molar-refractivity contribution in [2.75, 3.05) is 6.61 Å². The average molecular weight is 369 g/mol. The minimum Gasteiger partial charge on any atom is -0.465 e. The van der Waals surface area contributed by atoms with Crippen molar-refractivity contribution >= 4 is 17.8 Å². The maximum absolute atomic E-state index is 12.3. The van der Waals surface area contributed by atoms with Crippen LogP contribution < -0.4 is 5.32 Å². The minimum atomic E-state index is -1.16. The molecule has 0 aromatic heterocycles. The normalized spacial score (nSPS) is 12.5. The Morgan fingerprint density at radius 1 is 0.926 bits per heavy atom. The minimum absolute atomic E-state index is 0.0817. The fourth-order valence-corrected chi connectivity index (χ4v) is 2.68. The molecule has 0 aliphatic carbocycles. The van der Waals surface area contributed by atoms with Gasteiger partial charge in [-0.05, 0) is 25.0 Å². The van der Waals surface area contributed by atoms with Crippen LogP contribution in [0.5, 0.6) is 0 Å². The van der Waals surface area contributed by atoms with Crippen LogP contribution >= 0.6 is 0 Å². The number of carbonyl (C=O) groups excluding carboxylic acids is 3. The summed E-state index contributed by atoms with van der Waals surface area (Å²) in [4.78, 5) is 36.8. The van der Waals surface area contributed by atoms with Crippen LogP contribution in [0.1, 0.15) is 31.0 Å². The number of hydrogen-bond donors (Lipinski definition) is 1. The average Bonchev–Trinajstić information content (AvgIpc) is 2.67. The molecule has 0 heterocycles. The summed E-state index contributed by atoms with van der Waals surface area (Å²) in [6.45, 7) is 3.18. The fourth-order valence-electron chi connectivity index (χ4n) is 2.68. The molecule has 0 fully saturated rings. The Bertz CT molecular complexity index is 761. The molecule has 2 aromatic rings. The lowest BCUT2D eigenvalue weighted by molar-refractivity contribution is -0.152. The van der Waals surface area contributed by atoms with Crippen LogP contribution in [0.4, 0.5) is 4.79 Å². The Balaban J connectivity index is 2.18. The van der Waals surface area contributed by atoms with Crippen LogP contribution in [0.15, 0.2) is 60.7 Å². The van der Waals surface area contributed by atoms with Crippen LogP contribution in [0, 0.1) is 5.92 Å². The lowest BCUT2D eigenvalue weighted by Gasteiger charge is -2.25. The fraction of sp³-hybridized carbons (Fsp3) is 0.286. The molecule has 0 aliphatic rings. The third-order valence-corrected chi connectivity index (χ3v) is 3.96. The molecule has 0 aliphatic heterocycles. The van der Waals surface area contributed by atoms with Gasteiger partial charge in [-0.1, -0.05) is 60.7 Å². The molecule has 0 saturated heterocycles. The first-order valence-electron chi connectivity index (χ1n) is 8.72. The number of carbonyl (C=O) groups is 3. The van der Waals surface area contributed by atoms with Crippen molar-refractivity contribution in [3.05, 3.63) is 71.8 Å². The van der Waals surface area contributed by atoms with Crippen molar-refractivity contribution in [3.8, 4) is 0 Å². The summed E-state index contributed by atoms with van der Waals surface area (Å²) < 4.78 is 10.3. The van der Waals surface area contributed by atoms with Gasteiger partial charge in [0.1, 0.15) is 18.3 Å². The molecule has 27 heavy (non-hydrogen) atoms. The van der Waals surface area contributed by atoms with Gasteiger partial charge in [0.15, 0.2) is 0 Å². The Morgan fingerprint density at radius 2 is 1.52 bits per heavy atom. The van der Waals surface area contributed by atoms with E-state index in [0.29, 0.717) is 5.56 Å². The largest absolute Gasteiger partial charge is 0.465 e. The van der Waals surface area contributed by atoms with E-state index in [-0.39, 0.29) is 13.2 Å². The predicted octanol–water partition coefficient (Wildman–Crippen LogP) is 3.42. The summed E-state index contributed by atoms with van der Waals surface area (Å²) in [6, 6.07) is 17.1. The number of ketones is 1. The predicted molar refractivity (Wildman–Crippen MR) is 99.7 cm³/mol. The topological polar surface area (TPSA) is 81.7 Å². The van der Waals surface area contributed by atoms with Crippen molar-refractivity contribution in [2.45, 2.75) is 26.5 Å². The van der Waals surface area contributed by atoms with E-state index in [2.05, 4.69) is 5.32 Å². The van der Waals surface area contributed by atoms with E-state index in [1.807, 2.05) is 30.3 Å². The number of Topliss-reactive ketones (excluding diaryl/α,β-unsaturated/α-hetero) is 1. The van der Waals surface area contributed by atoms with Crippen LogP contribution in [0.25, 0.3) is 0 Å². The molecule has 2 atom stereocenters. The number of rotatable bonds is 8. The highest BCUT2D eigenvalue weighted by Crippen LogP contribution is 2.25. The maximum Gasteiger partial charge on any atom is 0.407 e. The summed E-state index contributed by atoms with van der Waals surface area (Å²) in [6.07, 6.45) is -0.719. The zero-order chi connectivity index (χ0) is 19.6.